The summed E-state index contributed by atoms with van der Waals surface area (Å²) in [7, 11) is 0. The highest BCUT2D eigenvalue weighted by molar-refractivity contribution is 6.03. The second-order valence-electron chi connectivity index (χ2n) is 6.57. The first-order chi connectivity index (χ1) is 12.5. The van der Waals surface area contributed by atoms with E-state index in [9.17, 15) is 4.79 Å². The number of aryl methyl sites for hydroxylation is 2. The SMILES string of the molecule is Cc1nn(-c2ncc(NC(=O)c3noc4c3CCCC4)cn2)c(C)c1C. The Morgan fingerprint density at radius 3 is 2.58 bits per heavy atom. The predicted molar refractivity (Wildman–Crippen MR) is 94.5 cm³/mol. The average molecular weight is 352 g/mol. The van der Waals surface area contributed by atoms with Crippen LogP contribution in [0, 0.1) is 20.8 Å². The van der Waals surface area contributed by atoms with Gasteiger partial charge in [-0.2, -0.15) is 5.10 Å². The van der Waals surface area contributed by atoms with Crippen molar-refractivity contribution in [3.05, 3.63) is 46.4 Å². The van der Waals surface area contributed by atoms with Gasteiger partial charge in [-0.15, -0.1) is 0 Å². The highest BCUT2D eigenvalue weighted by Gasteiger charge is 2.24. The third-order valence-electron chi connectivity index (χ3n) is 4.90. The lowest BCUT2D eigenvalue weighted by molar-refractivity contribution is 0.101. The molecule has 0 saturated carbocycles. The van der Waals surface area contributed by atoms with Gasteiger partial charge < -0.3 is 9.84 Å². The monoisotopic (exact) mass is 352 g/mol. The van der Waals surface area contributed by atoms with Crippen LogP contribution in [0.25, 0.3) is 5.95 Å². The highest BCUT2D eigenvalue weighted by atomic mass is 16.5. The van der Waals surface area contributed by atoms with E-state index in [2.05, 4.69) is 25.5 Å². The van der Waals surface area contributed by atoms with Crippen molar-refractivity contribution in [3.8, 4) is 5.95 Å². The molecule has 0 radical (unpaired) electrons. The summed E-state index contributed by atoms with van der Waals surface area (Å²) in [6, 6.07) is 0. The standard InChI is InChI=1S/C18H20N6O2/c1-10-11(2)22-24(12(10)3)18-19-8-13(9-20-18)21-17(25)16-14-6-4-5-7-15(14)26-23-16/h8-9H,4-7H2,1-3H3,(H,21,25). The molecule has 1 aliphatic carbocycles. The van der Waals surface area contributed by atoms with Gasteiger partial charge in [-0.05, 0) is 45.6 Å². The smallest absolute Gasteiger partial charge is 0.278 e. The molecule has 3 aromatic heterocycles. The van der Waals surface area contributed by atoms with E-state index in [0.29, 0.717) is 17.3 Å². The lowest BCUT2D eigenvalue weighted by atomic mass is 9.96. The van der Waals surface area contributed by atoms with Crippen molar-refractivity contribution in [2.75, 3.05) is 5.32 Å². The summed E-state index contributed by atoms with van der Waals surface area (Å²) in [5.74, 6) is 0.999. The van der Waals surface area contributed by atoms with Crippen molar-refractivity contribution in [2.24, 2.45) is 0 Å². The van der Waals surface area contributed by atoms with Crippen LogP contribution in [-0.2, 0) is 12.8 Å². The molecule has 3 aromatic rings. The molecule has 0 spiro atoms. The lowest BCUT2D eigenvalue weighted by Gasteiger charge is -2.09. The van der Waals surface area contributed by atoms with E-state index in [0.717, 1.165) is 54.0 Å². The Bertz CT molecular complexity index is 970. The first-order valence-electron chi connectivity index (χ1n) is 8.68. The Labute approximate surface area is 150 Å². The van der Waals surface area contributed by atoms with Crippen molar-refractivity contribution in [2.45, 2.75) is 46.5 Å². The molecule has 0 bridgehead atoms. The van der Waals surface area contributed by atoms with Crippen LogP contribution in [0.4, 0.5) is 5.69 Å². The number of rotatable bonds is 3. The largest absolute Gasteiger partial charge is 0.360 e. The van der Waals surface area contributed by atoms with E-state index >= 15 is 0 Å². The number of amides is 1. The van der Waals surface area contributed by atoms with Crippen molar-refractivity contribution < 1.29 is 9.32 Å². The molecule has 8 nitrogen and oxygen atoms in total. The molecule has 1 aliphatic rings. The van der Waals surface area contributed by atoms with E-state index in [-0.39, 0.29) is 5.91 Å². The van der Waals surface area contributed by atoms with Gasteiger partial charge in [0, 0.05) is 17.7 Å². The number of nitrogens with zero attached hydrogens (tertiary/aromatic N) is 5. The zero-order chi connectivity index (χ0) is 18.3. The number of nitrogens with one attached hydrogen (secondary N) is 1. The number of fused-ring (bicyclic) bond motifs is 1. The van der Waals surface area contributed by atoms with Crippen molar-refractivity contribution in [1.29, 1.82) is 0 Å². The summed E-state index contributed by atoms with van der Waals surface area (Å²) >= 11 is 0. The van der Waals surface area contributed by atoms with Crippen molar-refractivity contribution in [3.63, 3.8) is 0 Å². The molecule has 26 heavy (non-hydrogen) atoms. The van der Waals surface area contributed by atoms with Gasteiger partial charge in [-0.25, -0.2) is 14.6 Å². The molecule has 8 heteroatoms. The summed E-state index contributed by atoms with van der Waals surface area (Å²) in [5.41, 5.74) is 4.83. The van der Waals surface area contributed by atoms with E-state index in [4.69, 9.17) is 4.52 Å². The van der Waals surface area contributed by atoms with Gasteiger partial charge in [0.2, 0.25) is 0 Å². The van der Waals surface area contributed by atoms with Crippen LogP contribution in [0.15, 0.2) is 16.9 Å². The number of hydrogen-bond donors (Lipinski definition) is 1. The maximum Gasteiger partial charge on any atom is 0.278 e. The summed E-state index contributed by atoms with van der Waals surface area (Å²) < 4.78 is 6.99. The van der Waals surface area contributed by atoms with E-state index in [1.54, 1.807) is 17.1 Å². The first-order valence-corrected chi connectivity index (χ1v) is 8.68. The highest BCUT2D eigenvalue weighted by Crippen LogP contribution is 2.24. The maximum absolute atomic E-state index is 12.5. The molecule has 0 saturated heterocycles. The van der Waals surface area contributed by atoms with Gasteiger partial charge >= 0.3 is 0 Å². The van der Waals surface area contributed by atoms with Gasteiger partial charge in [-0.3, -0.25) is 4.79 Å². The van der Waals surface area contributed by atoms with E-state index < -0.39 is 0 Å². The Morgan fingerprint density at radius 2 is 1.88 bits per heavy atom. The fourth-order valence-electron chi connectivity index (χ4n) is 3.16. The maximum atomic E-state index is 12.5. The zero-order valence-corrected chi connectivity index (χ0v) is 15.0. The van der Waals surface area contributed by atoms with Gasteiger partial charge in [0.25, 0.3) is 11.9 Å². The van der Waals surface area contributed by atoms with Crippen LogP contribution < -0.4 is 5.32 Å². The van der Waals surface area contributed by atoms with E-state index in [1.165, 1.54) is 0 Å². The fraction of sp³-hybridized carbons (Fsp3) is 0.389. The number of carbonyl (C=O) groups is 1. The molecule has 4 rings (SSSR count). The third kappa shape index (κ3) is 2.77. The number of anilines is 1. The van der Waals surface area contributed by atoms with Crippen molar-refractivity contribution in [1.82, 2.24) is 24.9 Å². The summed E-state index contributed by atoms with van der Waals surface area (Å²) in [5, 5.41) is 11.2. The molecular formula is C18H20N6O2. The molecular weight excluding hydrogens is 332 g/mol. The Kier molecular flexibility index (Phi) is 4.02. The molecule has 0 unspecified atom stereocenters. The normalized spacial score (nSPS) is 13.5. The number of aromatic nitrogens is 5. The summed E-state index contributed by atoms with van der Waals surface area (Å²) in [6.07, 6.45) is 6.93. The summed E-state index contributed by atoms with van der Waals surface area (Å²) in [4.78, 5) is 21.1. The number of hydrogen-bond acceptors (Lipinski definition) is 6. The van der Waals surface area contributed by atoms with Crippen LogP contribution in [0.2, 0.25) is 0 Å². The Balaban J connectivity index is 1.53. The predicted octanol–water partition coefficient (Wildman–Crippen LogP) is 2.71. The minimum atomic E-state index is -0.296. The number of carbonyl (C=O) groups excluding carboxylic acids is 1. The molecule has 0 atom stereocenters. The van der Waals surface area contributed by atoms with E-state index in [1.807, 2.05) is 20.8 Å². The van der Waals surface area contributed by atoms with Gasteiger partial charge in [0.15, 0.2) is 5.69 Å². The zero-order valence-electron chi connectivity index (χ0n) is 15.0. The second-order valence-corrected chi connectivity index (χ2v) is 6.57. The first kappa shape index (κ1) is 16.4. The Morgan fingerprint density at radius 1 is 1.15 bits per heavy atom. The average Bonchev–Trinajstić information content (AvgIpc) is 3.19. The Hall–Kier alpha value is -3.03. The molecule has 0 fully saturated rings. The van der Waals surface area contributed by atoms with Gasteiger partial charge in [0.05, 0.1) is 23.8 Å². The van der Waals surface area contributed by atoms with Crippen LogP contribution in [0.3, 0.4) is 0 Å². The molecule has 0 aliphatic heterocycles. The van der Waals surface area contributed by atoms with Crippen LogP contribution >= 0.6 is 0 Å². The van der Waals surface area contributed by atoms with Crippen LogP contribution in [0.5, 0.6) is 0 Å². The third-order valence-corrected chi connectivity index (χ3v) is 4.90. The van der Waals surface area contributed by atoms with Crippen molar-refractivity contribution >= 4 is 11.6 Å². The molecule has 0 aromatic carbocycles. The quantitative estimate of drug-likeness (QED) is 0.778. The molecule has 1 amide bonds. The van der Waals surface area contributed by atoms with Crippen LogP contribution in [0.1, 0.15) is 51.6 Å². The minimum absolute atomic E-state index is 0.296. The topological polar surface area (TPSA) is 98.7 Å². The second kappa shape index (κ2) is 6.36. The fourth-order valence-corrected chi connectivity index (χ4v) is 3.16. The van der Waals surface area contributed by atoms with Gasteiger partial charge in [-0.1, -0.05) is 5.16 Å². The van der Waals surface area contributed by atoms with Crippen LogP contribution in [-0.4, -0.2) is 30.8 Å². The minimum Gasteiger partial charge on any atom is -0.360 e. The lowest BCUT2D eigenvalue weighted by Crippen LogP contribution is -2.16. The van der Waals surface area contributed by atoms with Gasteiger partial charge in [0.1, 0.15) is 5.76 Å². The molecule has 134 valence electrons. The molecule has 3 heterocycles. The summed E-state index contributed by atoms with van der Waals surface area (Å²) in [6.45, 7) is 5.94. The molecule has 1 N–H and O–H groups in total.